The summed E-state index contributed by atoms with van der Waals surface area (Å²) < 4.78 is 4.59. The minimum atomic E-state index is -0.380. The average molecular weight is 350 g/mol. The predicted molar refractivity (Wildman–Crippen MR) is 99.8 cm³/mol. The van der Waals surface area contributed by atoms with E-state index in [2.05, 4.69) is 29.6 Å². The maximum absolute atomic E-state index is 11.0. The summed E-state index contributed by atoms with van der Waals surface area (Å²) in [6.07, 6.45) is 11.7. The molecule has 1 fully saturated rings. The normalized spacial score (nSPS) is 24.1. The third-order valence-corrected chi connectivity index (χ3v) is 4.90. The van der Waals surface area contributed by atoms with Gasteiger partial charge >= 0.3 is 5.97 Å². The third-order valence-electron chi connectivity index (χ3n) is 4.90. The van der Waals surface area contributed by atoms with E-state index in [1.165, 1.54) is 7.11 Å². The number of hydrogen-bond acceptors (Lipinski definition) is 4. The summed E-state index contributed by atoms with van der Waals surface area (Å²) in [4.78, 5) is 11.0. The van der Waals surface area contributed by atoms with Gasteiger partial charge in [-0.15, -0.1) is 11.8 Å². The van der Waals surface area contributed by atoms with Gasteiger partial charge in [0.25, 0.3) is 0 Å². The van der Waals surface area contributed by atoms with Gasteiger partial charge in [0.1, 0.15) is 0 Å². The molecule has 4 heteroatoms. The van der Waals surface area contributed by atoms with Crippen molar-refractivity contribution in [2.45, 2.75) is 83.3 Å². The molecule has 0 aliphatic heterocycles. The first kappa shape index (κ1) is 21.7. The SMILES string of the molecule is CCCCCC(O)/C=C/C1CCC(O)C1CC#CCCCC(=O)OC. The molecule has 0 saturated heterocycles. The van der Waals surface area contributed by atoms with Crippen molar-refractivity contribution < 1.29 is 19.7 Å². The second-order valence-electron chi connectivity index (χ2n) is 6.91. The second-order valence-corrected chi connectivity index (χ2v) is 6.91. The fourth-order valence-corrected chi connectivity index (χ4v) is 3.28. The van der Waals surface area contributed by atoms with Crippen molar-refractivity contribution >= 4 is 5.97 Å². The molecule has 0 aromatic rings. The van der Waals surface area contributed by atoms with Gasteiger partial charge in [-0.25, -0.2) is 0 Å². The Balaban J connectivity index is 2.37. The fraction of sp³-hybridized carbons (Fsp3) is 0.762. The molecule has 0 heterocycles. The van der Waals surface area contributed by atoms with Crippen molar-refractivity contribution in [1.82, 2.24) is 0 Å². The Morgan fingerprint density at radius 3 is 2.80 bits per heavy atom. The highest BCUT2D eigenvalue weighted by atomic mass is 16.5. The number of hydrogen-bond donors (Lipinski definition) is 2. The van der Waals surface area contributed by atoms with E-state index >= 15 is 0 Å². The van der Waals surface area contributed by atoms with Gasteiger partial charge in [-0.1, -0.05) is 38.3 Å². The van der Waals surface area contributed by atoms with Gasteiger partial charge in [-0.05, 0) is 31.6 Å². The molecule has 0 spiro atoms. The lowest BCUT2D eigenvalue weighted by Crippen LogP contribution is -2.17. The van der Waals surface area contributed by atoms with Crippen LogP contribution in [0.1, 0.15) is 71.1 Å². The highest BCUT2D eigenvalue weighted by molar-refractivity contribution is 5.69. The van der Waals surface area contributed by atoms with Crippen LogP contribution in [-0.2, 0) is 9.53 Å². The Morgan fingerprint density at radius 2 is 2.08 bits per heavy atom. The van der Waals surface area contributed by atoms with E-state index in [1.54, 1.807) is 0 Å². The van der Waals surface area contributed by atoms with Crippen LogP contribution in [0, 0.1) is 23.7 Å². The van der Waals surface area contributed by atoms with E-state index in [4.69, 9.17) is 0 Å². The van der Waals surface area contributed by atoms with Gasteiger partial charge in [0.15, 0.2) is 0 Å². The number of aliphatic hydroxyl groups is 2. The molecule has 0 bridgehead atoms. The topological polar surface area (TPSA) is 66.8 Å². The molecule has 0 aromatic heterocycles. The lowest BCUT2D eigenvalue weighted by molar-refractivity contribution is -0.140. The van der Waals surface area contributed by atoms with Gasteiger partial charge in [-0.2, -0.15) is 0 Å². The molecular formula is C21H34O4. The van der Waals surface area contributed by atoms with Crippen molar-refractivity contribution in [2.24, 2.45) is 11.8 Å². The largest absolute Gasteiger partial charge is 0.469 e. The van der Waals surface area contributed by atoms with Crippen LogP contribution in [0.4, 0.5) is 0 Å². The maximum atomic E-state index is 11.0. The first-order valence-electron chi connectivity index (χ1n) is 9.65. The number of ether oxygens (including phenoxy) is 1. The van der Waals surface area contributed by atoms with E-state index in [-0.39, 0.29) is 24.1 Å². The van der Waals surface area contributed by atoms with E-state index in [0.717, 1.165) is 38.5 Å². The molecule has 1 aliphatic carbocycles. The predicted octanol–water partition coefficient (Wildman–Crippen LogP) is 3.61. The van der Waals surface area contributed by atoms with Crippen LogP contribution < -0.4 is 0 Å². The minimum Gasteiger partial charge on any atom is -0.469 e. The van der Waals surface area contributed by atoms with Crippen LogP contribution in [-0.4, -0.2) is 35.5 Å². The van der Waals surface area contributed by atoms with Gasteiger partial charge < -0.3 is 14.9 Å². The van der Waals surface area contributed by atoms with Crippen LogP contribution in [0.2, 0.25) is 0 Å². The van der Waals surface area contributed by atoms with E-state index in [1.807, 2.05) is 6.08 Å². The standard InChI is InChI=1S/C21H34O4/c1-3-4-7-10-18(22)15-13-17-14-16-20(23)19(17)11-8-5-6-9-12-21(24)25-2/h13,15,17-20,22-23H,3-4,6-7,9-12,14,16H2,1-2H3/b15-13+. The highest BCUT2D eigenvalue weighted by Crippen LogP contribution is 2.35. The number of methoxy groups -OCH3 is 1. The summed E-state index contributed by atoms with van der Waals surface area (Å²) in [5.41, 5.74) is 0. The molecule has 0 aromatic carbocycles. The van der Waals surface area contributed by atoms with E-state index < -0.39 is 0 Å². The zero-order chi connectivity index (χ0) is 18.5. The minimum absolute atomic E-state index is 0.146. The fourth-order valence-electron chi connectivity index (χ4n) is 3.28. The zero-order valence-corrected chi connectivity index (χ0v) is 15.7. The molecule has 1 saturated carbocycles. The van der Waals surface area contributed by atoms with Crippen molar-refractivity contribution in [3.05, 3.63) is 12.2 Å². The van der Waals surface area contributed by atoms with Gasteiger partial charge in [0.05, 0.1) is 19.3 Å². The van der Waals surface area contributed by atoms with Crippen LogP contribution in [0.25, 0.3) is 0 Å². The van der Waals surface area contributed by atoms with Gasteiger partial charge in [0.2, 0.25) is 0 Å². The highest BCUT2D eigenvalue weighted by Gasteiger charge is 2.32. The summed E-state index contributed by atoms with van der Waals surface area (Å²) in [6, 6.07) is 0. The smallest absolute Gasteiger partial charge is 0.305 e. The average Bonchev–Trinajstić information content (AvgIpc) is 2.96. The molecule has 1 aliphatic rings. The monoisotopic (exact) mass is 350 g/mol. The molecule has 4 atom stereocenters. The number of carbonyl (C=O) groups excluding carboxylic acids is 1. The molecule has 4 unspecified atom stereocenters. The zero-order valence-electron chi connectivity index (χ0n) is 15.7. The van der Waals surface area contributed by atoms with Crippen molar-refractivity contribution in [3.63, 3.8) is 0 Å². The van der Waals surface area contributed by atoms with Crippen LogP contribution in [0.3, 0.4) is 0 Å². The second kappa shape index (κ2) is 13.0. The number of aliphatic hydroxyl groups excluding tert-OH is 2. The Hall–Kier alpha value is -1.31. The summed E-state index contributed by atoms with van der Waals surface area (Å²) in [6.45, 7) is 2.16. The van der Waals surface area contributed by atoms with E-state index in [0.29, 0.717) is 31.6 Å². The lowest BCUT2D eigenvalue weighted by Gasteiger charge is -2.17. The molecular weight excluding hydrogens is 316 g/mol. The number of esters is 1. The molecule has 4 nitrogen and oxygen atoms in total. The van der Waals surface area contributed by atoms with Crippen LogP contribution in [0.5, 0.6) is 0 Å². The Bertz CT molecular complexity index is 460. The molecule has 0 radical (unpaired) electrons. The third kappa shape index (κ3) is 9.09. The Kier molecular flexibility index (Phi) is 11.3. The molecule has 2 N–H and O–H groups in total. The lowest BCUT2D eigenvalue weighted by atomic mass is 9.91. The molecule has 1 rings (SSSR count). The Labute approximate surface area is 152 Å². The molecule has 0 amide bonds. The first-order chi connectivity index (χ1) is 12.1. The summed E-state index contributed by atoms with van der Waals surface area (Å²) >= 11 is 0. The van der Waals surface area contributed by atoms with E-state index in [9.17, 15) is 15.0 Å². The summed E-state index contributed by atoms with van der Waals surface area (Å²) in [5, 5.41) is 20.2. The van der Waals surface area contributed by atoms with Crippen molar-refractivity contribution in [3.8, 4) is 11.8 Å². The number of allylic oxidation sites excluding steroid dienone is 1. The van der Waals surface area contributed by atoms with Crippen molar-refractivity contribution in [1.29, 1.82) is 0 Å². The molecule has 25 heavy (non-hydrogen) atoms. The summed E-state index contributed by atoms with van der Waals surface area (Å²) in [5.74, 6) is 6.48. The number of carbonyl (C=O) groups is 1. The number of rotatable bonds is 10. The van der Waals surface area contributed by atoms with Crippen molar-refractivity contribution in [2.75, 3.05) is 7.11 Å². The number of unbranched alkanes of at least 4 members (excludes halogenated alkanes) is 3. The summed E-state index contributed by atoms with van der Waals surface area (Å²) in [7, 11) is 1.39. The molecule has 142 valence electrons. The first-order valence-corrected chi connectivity index (χ1v) is 9.65. The van der Waals surface area contributed by atoms with Gasteiger partial charge in [0, 0.05) is 25.2 Å². The van der Waals surface area contributed by atoms with Crippen LogP contribution in [0.15, 0.2) is 12.2 Å². The van der Waals surface area contributed by atoms with Crippen LogP contribution >= 0.6 is 0 Å². The Morgan fingerprint density at radius 1 is 1.28 bits per heavy atom. The van der Waals surface area contributed by atoms with Gasteiger partial charge in [-0.3, -0.25) is 4.79 Å². The maximum Gasteiger partial charge on any atom is 0.305 e. The quantitative estimate of drug-likeness (QED) is 0.273.